The lowest BCUT2D eigenvalue weighted by Crippen LogP contribution is -2.25. The minimum absolute atomic E-state index is 0.0387. The van der Waals surface area contributed by atoms with Gasteiger partial charge in [-0.2, -0.15) is 0 Å². The van der Waals surface area contributed by atoms with Crippen LogP contribution in [-0.4, -0.2) is 17.3 Å². The predicted molar refractivity (Wildman–Crippen MR) is 70.5 cm³/mol. The minimum Gasteiger partial charge on any atom is -0.299 e. The van der Waals surface area contributed by atoms with Gasteiger partial charge in [-0.1, -0.05) is 37.6 Å². The van der Waals surface area contributed by atoms with Crippen molar-refractivity contribution in [3.05, 3.63) is 45.0 Å². The predicted octanol–water partition coefficient (Wildman–Crippen LogP) is 3.32. The van der Waals surface area contributed by atoms with Crippen LogP contribution in [0.4, 0.5) is 0 Å². The number of halogens is 1. The van der Waals surface area contributed by atoms with Crippen molar-refractivity contribution in [3.8, 4) is 0 Å². The van der Waals surface area contributed by atoms with Gasteiger partial charge in [0.1, 0.15) is 5.78 Å². The van der Waals surface area contributed by atoms with E-state index in [9.17, 15) is 14.9 Å². The molecule has 98 valence electrons. The van der Waals surface area contributed by atoms with Crippen LogP contribution < -0.4 is 0 Å². The molecule has 0 aliphatic rings. The molecule has 1 rings (SSSR count). The molecule has 2 atom stereocenters. The summed E-state index contributed by atoms with van der Waals surface area (Å²) in [7, 11) is 0. The van der Waals surface area contributed by atoms with Gasteiger partial charge < -0.3 is 0 Å². The van der Waals surface area contributed by atoms with Gasteiger partial charge in [-0.05, 0) is 17.7 Å². The summed E-state index contributed by atoms with van der Waals surface area (Å²) in [5.41, 5.74) is 0.783. The zero-order valence-corrected chi connectivity index (χ0v) is 11.2. The molecule has 0 radical (unpaired) electrons. The molecule has 18 heavy (non-hydrogen) atoms. The normalized spacial score (nSPS) is 13.9. The van der Waals surface area contributed by atoms with Crippen molar-refractivity contribution in [1.82, 2.24) is 0 Å². The maximum Gasteiger partial charge on any atom is 0.211 e. The van der Waals surface area contributed by atoms with Gasteiger partial charge in [-0.3, -0.25) is 14.9 Å². The Morgan fingerprint density at radius 1 is 1.39 bits per heavy atom. The third-order valence-electron chi connectivity index (χ3n) is 3.10. The monoisotopic (exact) mass is 269 g/mol. The Morgan fingerprint density at radius 2 is 1.94 bits per heavy atom. The van der Waals surface area contributed by atoms with E-state index in [1.54, 1.807) is 38.1 Å². The number of Topliss-reactive ketones (excluding diaryl/α,β-unsaturated/α-hetero) is 1. The summed E-state index contributed by atoms with van der Waals surface area (Å²) < 4.78 is 0. The van der Waals surface area contributed by atoms with Crippen molar-refractivity contribution in [2.45, 2.75) is 26.2 Å². The van der Waals surface area contributed by atoms with E-state index in [0.29, 0.717) is 11.4 Å². The van der Waals surface area contributed by atoms with Crippen molar-refractivity contribution in [3.63, 3.8) is 0 Å². The van der Waals surface area contributed by atoms with Gasteiger partial charge >= 0.3 is 0 Å². The first-order chi connectivity index (χ1) is 8.45. The van der Waals surface area contributed by atoms with Crippen LogP contribution in [0.2, 0.25) is 5.02 Å². The van der Waals surface area contributed by atoms with E-state index in [1.165, 1.54) is 0 Å². The Hall–Kier alpha value is -1.42. The highest BCUT2D eigenvalue weighted by molar-refractivity contribution is 6.30. The topological polar surface area (TPSA) is 60.2 Å². The molecule has 1 aromatic carbocycles. The average molecular weight is 270 g/mol. The molecule has 0 N–H and O–H groups in total. The second kappa shape index (κ2) is 6.50. The largest absolute Gasteiger partial charge is 0.299 e. The maximum absolute atomic E-state index is 11.7. The number of nitrogens with zero attached hydrogens (tertiary/aromatic N) is 1. The number of benzene rings is 1. The zero-order chi connectivity index (χ0) is 13.7. The number of hydrogen-bond donors (Lipinski definition) is 0. The third kappa shape index (κ3) is 3.81. The van der Waals surface area contributed by atoms with Crippen LogP contribution >= 0.6 is 11.6 Å². The number of carbonyl (C=O) groups is 1. The molecular formula is C13H16ClNO3. The molecule has 0 aliphatic heterocycles. The molecule has 0 amide bonds. The zero-order valence-electron chi connectivity index (χ0n) is 10.4. The fraction of sp³-hybridized carbons (Fsp3) is 0.462. The molecule has 0 aromatic heterocycles. The first-order valence-corrected chi connectivity index (χ1v) is 6.23. The highest BCUT2D eigenvalue weighted by atomic mass is 35.5. The summed E-state index contributed by atoms with van der Waals surface area (Å²) in [5, 5.41) is 11.3. The van der Waals surface area contributed by atoms with Crippen LogP contribution in [0.25, 0.3) is 0 Å². The van der Waals surface area contributed by atoms with Crippen molar-refractivity contribution < 1.29 is 9.72 Å². The van der Waals surface area contributed by atoms with Gasteiger partial charge in [0.05, 0.1) is 5.92 Å². The molecule has 0 fully saturated rings. The molecule has 0 aliphatic carbocycles. The highest BCUT2D eigenvalue weighted by Gasteiger charge is 2.28. The van der Waals surface area contributed by atoms with Gasteiger partial charge in [-0.15, -0.1) is 0 Å². The number of ketones is 1. The second-order valence-electron chi connectivity index (χ2n) is 4.28. The van der Waals surface area contributed by atoms with E-state index < -0.39 is 5.92 Å². The molecule has 1 aromatic rings. The number of rotatable bonds is 6. The molecule has 4 nitrogen and oxygen atoms in total. The summed E-state index contributed by atoms with van der Waals surface area (Å²) in [6.07, 6.45) is 0.392. The van der Waals surface area contributed by atoms with Gasteiger partial charge in [0.25, 0.3) is 0 Å². The van der Waals surface area contributed by atoms with Crippen molar-refractivity contribution in [1.29, 1.82) is 0 Å². The number of hydrogen-bond acceptors (Lipinski definition) is 3. The SMILES string of the molecule is CCC(=O)[C@@H](C)[C@@H](C[N+](=O)[O-])c1ccc(Cl)cc1. The van der Waals surface area contributed by atoms with Crippen LogP contribution in [0, 0.1) is 16.0 Å². The smallest absolute Gasteiger partial charge is 0.211 e. The van der Waals surface area contributed by atoms with Crippen molar-refractivity contribution in [2.75, 3.05) is 6.54 Å². The summed E-state index contributed by atoms with van der Waals surface area (Å²) in [5.74, 6) is -0.719. The average Bonchev–Trinajstić information content (AvgIpc) is 2.35. The molecule has 5 heteroatoms. The van der Waals surface area contributed by atoms with E-state index in [0.717, 1.165) is 5.56 Å². The Labute approximate surface area is 111 Å². The molecule has 0 heterocycles. The molecular weight excluding hydrogens is 254 g/mol. The fourth-order valence-corrected chi connectivity index (χ4v) is 2.10. The van der Waals surface area contributed by atoms with E-state index in [-0.39, 0.29) is 23.2 Å². The van der Waals surface area contributed by atoms with Gasteiger partial charge in [0, 0.05) is 22.3 Å². The van der Waals surface area contributed by atoms with Crippen LogP contribution in [0.1, 0.15) is 31.7 Å². The molecule has 0 saturated carbocycles. The Kier molecular flexibility index (Phi) is 5.28. The molecule has 0 spiro atoms. The van der Waals surface area contributed by atoms with E-state index in [2.05, 4.69) is 0 Å². The van der Waals surface area contributed by atoms with Gasteiger partial charge in [0.2, 0.25) is 6.54 Å². The van der Waals surface area contributed by atoms with E-state index in [1.807, 2.05) is 0 Å². The van der Waals surface area contributed by atoms with Crippen LogP contribution in [-0.2, 0) is 4.79 Å². The first-order valence-electron chi connectivity index (χ1n) is 5.85. The maximum atomic E-state index is 11.7. The van der Waals surface area contributed by atoms with E-state index >= 15 is 0 Å². The lowest BCUT2D eigenvalue weighted by Gasteiger charge is -2.19. The third-order valence-corrected chi connectivity index (χ3v) is 3.36. The summed E-state index contributed by atoms with van der Waals surface area (Å²) in [6, 6.07) is 6.87. The summed E-state index contributed by atoms with van der Waals surface area (Å²) >= 11 is 5.79. The lowest BCUT2D eigenvalue weighted by molar-refractivity contribution is -0.484. The first kappa shape index (κ1) is 14.6. The standard InChI is InChI=1S/C13H16ClNO3/c1-3-13(16)9(2)12(8-15(17)18)10-4-6-11(14)7-5-10/h4-7,9,12H,3,8H2,1-2H3/t9-,12+/m0/s1. The lowest BCUT2D eigenvalue weighted by atomic mass is 9.84. The van der Waals surface area contributed by atoms with Gasteiger partial charge in [-0.25, -0.2) is 0 Å². The van der Waals surface area contributed by atoms with Crippen LogP contribution in [0.3, 0.4) is 0 Å². The molecule has 0 unspecified atom stereocenters. The van der Waals surface area contributed by atoms with E-state index in [4.69, 9.17) is 11.6 Å². The Morgan fingerprint density at radius 3 is 2.39 bits per heavy atom. The minimum atomic E-state index is -0.398. The highest BCUT2D eigenvalue weighted by Crippen LogP contribution is 2.27. The summed E-state index contributed by atoms with van der Waals surface area (Å²) in [6.45, 7) is 3.27. The fourth-order valence-electron chi connectivity index (χ4n) is 1.97. The Balaban J connectivity index is 3.00. The quantitative estimate of drug-likeness (QED) is 0.588. The second-order valence-corrected chi connectivity index (χ2v) is 4.72. The summed E-state index contributed by atoms with van der Waals surface area (Å²) in [4.78, 5) is 22.1. The van der Waals surface area contributed by atoms with Crippen LogP contribution in [0.5, 0.6) is 0 Å². The number of carbonyl (C=O) groups excluding carboxylic acids is 1. The Bertz CT molecular complexity index is 430. The molecule has 0 bridgehead atoms. The van der Waals surface area contributed by atoms with Crippen LogP contribution in [0.15, 0.2) is 24.3 Å². The van der Waals surface area contributed by atoms with Crippen molar-refractivity contribution in [2.24, 2.45) is 5.92 Å². The van der Waals surface area contributed by atoms with Gasteiger partial charge in [0.15, 0.2) is 0 Å². The number of nitro groups is 1. The van der Waals surface area contributed by atoms with Crippen molar-refractivity contribution >= 4 is 17.4 Å². The molecule has 0 saturated heterocycles.